The minimum Gasteiger partial charge on any atom is -0.378 e. The SMILES string of the molecule is CCNC(=NCC(=O)N(C)C)N1CCC(OCC2CCCC2)CC1.I. The highest BCUT2D eigenvalue weighted by molar-refractivity contribution is 14.0. The molecular formula is C18H35IN4O2. The van der Waals surface area contributed by atoms with Gasteiger partial charge in [-0.3, -0.25) is 4.79 Å². The van der Waals surface area contributed by atoms with Gasteiger partial charge >= 0.3 is 0 Å². The third kappa shape index (κ3) is 7.68. The molecule has 0 aromatic rings. The zero-order chi connectivity index (χ0) is 17.4. The molecule has 0 atom stereocenters. The van der Waals surface area contributed by atoms with Crippen LogP contribution in [0.25, 0.3) is 0 Å². The molecule has 2 aliphatic rings. The minimum absolute atomic E-state index is 0. The normalized spacial score (nSPS) is 19.6. The van der Waals surface area contributed by atoms with Crippen LogP contribution in [0, 0.1) is 5.92 Å². The van der Waals surface area contributed by atoms with Crippen LogP contribution in [0.15, 0.2) is 4.99 Å². The Morgan fingerprint density at radius 1 is 1.20 bits per heavy atom. The summed E-state index contributed by atoms with van der Waals surface area (Å²) in [5.41, 5.74) is 0. The smallest absolute Gasteiger partial charge is 0.243 e. The van der Waals surface area contributed by atoms with E-state index in [2.05, 4.69) is 22.1 Å². The third-order valence-corrected chi connectivity index (χ3v) is 4.98. The first kappa shape index (κ1) is 22.5. The van der Waals surface area contributed by atoms with E-state index in [1.165, 1.54) is 25.7 Å². The summed E-state index contributed by atoms with van der Waals surface area (Å²) in [5, 5.41) is 3.30. The van der Waals surface area contributed by atoms with E-state index in [1.54, 1.807) is 19.0 Å². The largest absolute Gasteiger partial charge is 0.378 e. The van der Waals surface area contributed by atoms with Gasteiger partial charge < -0.3 is 19.9 Å². The van der Waals surface area contributed by atoms with Crippen molar-refractivity contribution in [1.82, 2.24) is 15.1 Å². The molecule has 0 aromatic heterocycles. The number of guanidine groups is 1. The Balaban J connectivity index is 0.00000312. The summed E-state index contributed by atoms with van der Waals surface area (Å²) >= 11 is 0. The number of aliphatic imine (C=N–C) groups is 1. The quantitative estimate of drug-likeness (QED) is 0.371. The molecule has 1 heterocycles. The Morgan fingerprint density at radius 2 is 1.84 bits per heavy atom. The van der Waals surface area contributed by atoms with Crippen LogP contribution in [0.5, 0.6) is 0 Å². The molecule has 2 fully saturated rings. The van der Waals surface area contributed by atoms with E-state index < -0.39 is 0 Å². The van der Waals surface area contributed by atoms with Gasteiger partial charge in [-0.2, -0.15) is 0 Å². The molecule has 25 heavy (non-hydrogen) atoms. The van der Waals surface area contributed by atoms with Gasteiger partial charge in [0, 0.05) is 40.3 Å². The molecule has 7 heteroatoms. The van der Waals surface area contributed by atoms with Crippen LogP contribution in [0.1, 0.15) is 45.4 Å². The van der Waals surface area contributed by atoms with E-state index in [-0.39, 0.29) is 36.4 Å². The number of likely N-dealkylation sites (N-methyl/N-ethyl adjacent to an activating group) is 1. The number of carbonyl (C=O) groups is 1. The van der Waals surface area contributed by atoms with Crippen LogP contribution >= 0.6 is 24.0 Å². The number of hydrogen-bond donors (Lipinski definition) is 1. The monoisotopic (exact) mass is 466 g/mol. The van der Waals surface area contributed by atoms with E-state index >= 15 is 0 Å². The fourth-order valence-corrected chi connectivity index (χ4v) is 3.39. The van der Waals surface area contributed by atoms with E-state index in [0.29, 0.717) is 6.10 Å². The van der Waals surface area contributed by atoms with Crippen molar-refractivity contribution in [3.05, 3.63) is 0 Å². The van der Waals surface area contributed by atoms with E-state index in [0.717, 1.165) is 51.0 Å². The highest BCUT2D eigenvalue weighted by Gasteiger charge is 2.24. The molecule has 1 aliphatic heterocycles. The van der Waals surface area contributed by atoms with Gasteiger partial charge in [0.05, 0.1) is 6.10 Å². The predicted molar refractivity (Wildman–Crippen MR) is 113 cm³/mol. The van der Waals surface area contributed by atoms with Gasteiger partial charge in [-0.05, 0) is 38.5 Å². The summed E-state index contributed by atoms with van der Waals surface area (Å²) in [4.78, 5) is 20.1. The van der Waals surface area contributed by atoms with Crippen molar-refractivity contribution in [1.29, 1.82) is 0 Å². The maximum atomic E-state index is 11.7. The van der Waals surface area contributed by atoms with Crippen LogP contribution in [0.4, 0.5) is 0 Å². The molecule has 0 radical (unpaired) electrons. The number of halogens is 1. The second kappa shape index (κ2) is 11.9. The lowest BCUT2D eigenvalue weighted by molar-refractivity contribution is -0.127. The fourth-order valence-electron chi connectivity index (χ4n) is 3.39. The molecule has 2 rings (SSSR count). The number of likely N-dealkylation sites (tertiary alicyclic amines) is 1. The average molecular weight is 466 g/mol. The Morgan fingerprint density at radius 3 is 2.40 bits per heavy atom. The Bertz CT molecular complexity index is 417. The lowest BCUT2D eigenvalue weighted by Gasteiger charge is -2.34. The number of rotatable bonds is 6. The van der Waals surface area contributed by atoms with Crippen LogP contribution in [-0.2, 0) is 9.53 Å². The topological polar surface area (TPSA) is 57.2 Å². The van der Waals surface area contributed by atoms with Gasteiger partial charge in [-0.25, -0.2) is 4.99 Å². The Labute approximate surface area is 169 Å². The molecule has 6 nitrogen and oxygen atoms in total. The Kier molecular flexibility index (Phi) is 10.7. The molecule has 0 spiro atoms. The maximum Gasteiger partial charge on any atom is 0.243 e. The van der Waals surface area contributed by atoms with Crippen LogP contribution in [-0.4, -0.2) is 74.7 Å². The minimum atomic E-state index is 0. The van der Waals surface area contributed by atoms with Crippen molar-refractivity contribution in [3.63, 3.8) is 0 Å². The number of nitrogens with zero attached hydrogens (tertiary/aromatic N) is 3. The lowest BCUT2D eigenvalue weighted by Crippen LogP contribution is -2.47. The van der Waals surface area contributed by atoms with Crippen molar-refractivity contribution in [2.45, 2.75) is 51.6 Å². The van der Waals surface area contributed by atoms with Gasteiger partial charge in [-0.1, -0.05) is 12.8 Å². The zero-order valence-corrected chi connectivity index (χ0v) is 18.3. The number of hydrogen-bond acceptors (Lipinski definition) is 3. The van der Waals surface area contributed by atoms with Gasteiger partial charge in [0.1, 0.15) is 6.54 Å². The second-order valence-corrected chi connectivity index (χ2v) is 7.13. The van der Waals surface area contributed by atoms with Crippen molar-refractivity contribution < 1.29 is 9.53 Å². The molecular weight excluding hydrogens is 431 g/mol. The first-order chi connectivity index (χ1) is 11.6. The number of nitrogens with one attached hydrogen (secondary N) is 1. The van der Waals surface area contributed by atoms with Gasteiger partial charge in [0.25, 0.3) is 0 Å². The van der Waals surface area contributed by atoms with Gasteiger partial charge in [0.2, 0.25) is 5.91 Å². The molecule has 1 saturated carbocycles. The fraction of sp³-hybridized carbons (Fsp3) is 0.889. The molecule has 1 aliphatic carbocycles. The summed E-state index contributed by atoms with van der Waals surface area (Å²) < 4.78 is 6.14. The number of carbonyl (C=O) groups excluding carboxylic acids is 1. The van der Waals surface area contributed by atoms with Crippen LogP contribution in [0.2, 0.25) is 0 Å². The van der Waals surface area contributed by atoms with Crippen molar-refractivity contribution in [2.24, 2.45) is 10.9 Å². The second-order valence-electron chi connectivity index (χ2n) is 7.13. The molecule has 1 saturated heterocycles. The Hall–Kier alpha value is -0.570. The predicted octanol–water partition coefficient (Wildman–Crippen LogP) is 2.33. The number of ether oxygens (including phenoxy) is 1. The average Bonchev–Trinajstić information content (AvgIpc) is 3.10. The van der Waals surface area contributed by atoms with Crippen molar-refractivity contribution >= 4 is 35.8 Å². The van der Waals surface area contributed by atoms with Gasteiger partial charge in [-0.15, -0.1) is 24.0 Å². The number of amides is 1. The highest BCUT2D eigenvalue weighted by Crippen LogP contribution is 2.26. The highest BCUT2D eigenvalue weighted by atomic mass is 127. The summed E-state index contributed by atoms with van der Waals surface area (Å²) in [6.45, 7) is 5.89. The molecule has 1 N–H and O–H groups in total. The van der Waals surface area contributed by atoms with Crippen LogP contribution in [0.3, 0.4) is 0 Å². The maximum absolute atomic E-state index is 11.7. The summed E-state index contributed by atoms with van der Waals surface area (Å²) in [7, 11) is 3.52. The van der Waals surface area contributed by atoms with Crippen LogP contribution < -0.4 is 5.32 Å². The van der Waals surface area contributed by atoms with E-state index in [1.807, 2.05) is 0 Å². The van der Waals surface area contributed by atoms with E-state index in [4.69, 9.17) is 4.74 Å². The summed E-state index contributed by atoms with van der Waals surface area (Å²) in [6, 6.07) is 0. The summed E-state index contributed by atoms with van der Waals surface area (Å²) in [6.07, 6.45) is 7.90. The molecule has 0 bridgehead atoms. The number of piperidine rings is 1. The molecule has 0 aromatic carbocycles. The van der Waals surface area contributed by atoms with Crippen molar-refractivity contribution in [2.75, 3.05) is 46.9 Å². The van der Waals surface area contributed by atoms with Gasteiger partial charge in [0.15, 0.2) is 5.96 Å². The van der Waals surface area contributed by atoms with Crippen molar-refractivity contribution in [3.8, 4) is 0 Å². The molecule has 0 unspecified atom stereocenters. The lowest BCUT2D eigenvalue weighted by atomic mass is 10.1. The first-order valence-electron chi connectivity index (χ1n) is 9.45. The third-order valence-electron chi connectivity index (χ3n) is 4.98. The zero-order valence-electron chi connectivity index (χ0n) is 16.0. The molecule has 1 amide bonds. The van der Waals surface area contributed by atoms with E-state index in [9.17, 15) is 4.79 Å². The first-order valence-corrected chi connectivity index (χ1v) is 9.45. The standard InChI is InChI=1S/C18H34N4O2.HI/c1-4-19-18(20-13-17(23)21(2)3)22-11-9-16(10-12-22)24-14-15-7-5-6-8-15;/h15-16H,4-14H2,1-3H3,(H,19,20);1H. The summed E-state index contributed by atoms with van der Waals surface area (Å²) in [5.74, 6) is 1.67. The molecule has 146 valence electrons.